The number of hydrogen-bond donors (Lipinski definition) is 4. The summed E-state index contributed by atoms with van der Waals surface area (Å²) < 4.78 is 0. The minimum atomic E-state index is -1.47. The van der Waals surface area contributed by atoms with E-state index in [1.807, 2.05) is 0 Å². The Kier molecular flexibility index (Phi) is 2.30. The van der Waals surface area contributed by atoms with Crippen molar-refractivity contribution in [1.29, 1.82) is 0 Å². The second-order valence-electron chi connectivity index (χ2n) is 2.63. The normalized spacial score (nSPS) is 20.7. The van der Waals surface area contributed by atoms with Gasteiger partial charge in [-0.05, 0) is 0 Å². The van der Waals surface area contributed by atoms with Gasteiger partial charge in [-0.2, -0.15) is 0 Å². The van der Waals surface area contributed by atoms with E-state index in [-0.39, 0.29) is 0 Å². The van der Waals surface area contributed by atoms with Crippen LogP contribution in [0.25, 0.3) is 0 Å². The van der Waals surface area contributed by atoms with E-state index in [2.05, 4.69) is 10.6 Å². The fraction of sp³-hybridized carbons (Fsp3) is 0.667. The highest BCUT2D eigenvalue weighted by Crippen LogP contribution is 2.10. The smallest absolute Gasteiger partial charge is 0.339 e. The van der Waals surface area contributed by atoms with E-state index in [9.17, 15) is 9.59 Å². The van der Waals surface area contributed by atoms with Crippen molar-refractivity contribution in [3.05, 3.63) is 0 Å². The van der Waals surface area contributed by atoms with Crippen molar-refractivity contribution < 1.29 is 19.8 Å². The quantitative estimate of drug-likeness (QED) is 0.413. The largest absolute Gasteiger partial charge is 0.481 e. The van der Waals surface area contributed by atoms with Gasteiger partial charge in [0.25, 0.3) is 0 Å². The zero-order valence-electron chi connectivity index (χ0n) is 6.33. The van der Waals surface area contributed by atoms with Crippen molar-refractivity contribution in [3.8, 4) is 0 Å². The number of rotatable bonds is 3. The lowest BCUT2D eigenvalue weighted by Gasteiger charge is -2.22. The number of aliphatic carboxylic acids is 2. The Labute approximate surface area is 68.6 Å². The highest BCUT2D eigenvalue weighted by atomic mass is 16.4. The van der Waals surface area contributed by atoms with E-state index in [0.717, 1.165) is 0 Å². The molecule has 4 N–H and O–H groups in total. The van der Waals surface area contributed by atoms with Gasteiger partial charge in [0.15, 0.2) is 5.66 Å². The lowest BCUT2D eigenvalue weighted by atomic mass is 10.1. The minimum Gasteiger partial charge on any atom is -0.481 e. The summed E-state index contributed by atoms with van der Waals surface area (Å²) in [4.78, 5) is 21.0. The van der Waals surface area contributed by atoms with Crippen LogP contribution in [0.5, 0.6) is 0 Å². The van der Waals surface area contributed by atoms with Gasteiger partial charge >= 0.3 is 11.9 Å². The Balaban J connectivity index is 2.72. The Morgan fingerprint density at radius 2 is 1.75 bits per heavy atom. The van der Waals surface area contributed by atoms with Crippen molar-refractivity contribution in [2.45, 2.75) is 12.1 Å². The van der Waals surface area contributed by atoms with E-state index in [1.165, 1.54) is 0 Å². The van der Waals surface area contributed by atoms with Crippen LogP contribution in [0.15, 0.2) is 0 Å². The third-order valence-corrected chi connectivity index (χ3v) is 1.76. The molecule has 1 fully saturated rings. The molecule has 0 unspecified atom stereocenters. The number of hydrogen-bond acceptors (Lipinski definition) is 4. The molecule has 1 aliphatic heterocycles. The molecule has 1 aliphatic rings. The highest BCUT2D eigenvalue weighted by molar-refractivity contribution is 5.84. The van der Waals surface area contributed by atoms with E-state index >= 15 is 0 Å². The highest BCUT2D eigenvalue weighted by Gasteiger charge is 2.42. The van der Waals surface area contributed by atoms with Crippen molar-refractivity contribution >= 4 is 11.9 Å². The SMILES string of the molecule is O=C(O)CC1(C(=O)O)NCCN1. The zero-order valence-corrected chi connectivity index (χ0v) is 6.33. The third-order valence-electron chi connectivity index (χ3n) is 1.76. The molecule has 12 heavy (non-hydrogen) atoms. The molecule has 0 aromatic heterocycles. The molecule has 0 aromatic carbocycles. The molecule has 0 spiro atoms. The van der Waals surface area contributed by atoms with Gasteiger partial charge in [0, 0.05) is 13.1 Å². The van der Waals surface area contributed by atoms with E-state index in [4.69, 9.17) is 10.2 Å². The first kappa shape index (κ1) is 8.95. The Hall–Kier alpha value is -1.14. The van der Waals surface area contributed by atoms with Crippen molar-refractivity contribution in [1.82, 2.24) is 10.6 Å². The molecule has 0 amide bonds. The number of carboxylic acids is 2. The molecule has 6 nitrogen and oxygen atoms in total. The maximum absolute atomic E-state index is 10.7. The lowest BCUT2D eigenvalue weighted by Crippen LogP contribution is -2.57. The van der Waals surface area contributed by atoms with Gasteiger partial charge in [-0.3, -0.25) is 15.4 Å². The van der Waals surface area contributed by atoms with Crippen LogP contribution in [0.1, 0.15) is 6.42 Å². The molecule has 0 aromatic rings. The monoisotopic (exact) mass is 174 g/mol. The van der Waals surface area contributed by atoms with Crippen LogP contribution in [-0.2, 0) is 9.59 Å². The molecule has 0 radical (unpaired) electrons. The topological polar surface area (TPSA) is 98.7 Å². The maximum atomic E-state index is 10.7. The molecule has 0 bridgehead atoms. The van der Waals surface area contributed by atoms with Gasteiger partial charge in [-0.15, -0.1) is 0 Å². The summed E-state index contributed by atoms with van der Waals surface area (Å²) >= 11 is 0. The van der Waals surface area contributed by atoms with Gasteiger partial charge in [-0.25, -0.2) is 4.79 Å². The first-order chi connectivity index (χ1) is 5.57. The minimum absolute atomic E-state index is 0.456. The van der Waals surface area contributed by atoms with Crippen LogP contribution in [-0.4, -0.2) is 40.9 Å². The standard InChI is InChI=1S/C6H10N2O4/c9-4(10)3-6(5(11)12)7-1-2-8-6/h7-8H,1-3H2,(H,9,10)(H,11,12). The molecule has 6 heteroatoms. The Morgan fingerprint density at radius 3 is 2.08 bits per heavy atom. The average molecular weight is 174 g/mol. The predicted octanol–water partition coefficient (Wildman–Crippen LogP) is -1.57. The molecule has 1 rings (SSSR count). The zero-order chi connectivity index (χ0) is 9.19. The van der Waals surface area contributed by atoms with Crippen LogP contribution in [0.2, 0.25) is 0 Å². The molecule has 1 saturated heterocycles. The van der Waals surface area contributed by atoms with Crippen LogP contribution < -0.4 is 10.6 Å². The van der Waals surface area contributed by atoms with E-state index in [0.29, 0.717) is 13.1 Å². The fourth-order valence-corrected chi connectivity index (χ4v) is 1.19. The summed E-state index contributed by atoms with van der Waals surface area (Å²) in [5.41, 5.74) is -1.47. The first-order valence-corrected chi connectivity index (χ1v) is 3.52. The van der Waals surface area contributed by atoms with Crippen molar-refractivity contribution in [3.63, 3.8) is 0 Å². The van der Waals surface area contributed by atoms with Crippen molar-refractivity contribution in [2.75, 3.05) is 13.1 Å². The Morgan fingerprint density at radius 1 is 1.25 bits per heavy atom. The lowest BCUT2D eigenvalue weighted by molar-refractivity contribution is -0.151. The summed E-state index contributed by atoms with van der Waals surface area (Å²) in [6.45, 7) is 0.944. The van der Waals surface area contributed by atoms with Crippen LogP contribution >= 0.6 is 0 Å². The average Bonchev–Trinajstić information content (AvgIpc) is 2.35. The molecule has 0 aliphatic carbocycles. The molecule has 0 saturated carbocycles. The maximum Gasteiger partial charge on any atom is 0.339 e. The number of nitrogens with one attached hydrogen (secondary N) is 2. The van der Waals surface area contributed by atoms with Crippen molar-refractivity contribution in [2.24, 2.45) is 0 Å². The summed E-state index contributed by atoms with van der Waals surface area (Å²) in [5.74, 6) is -2.32. The molecule has 68 valence electrons. The van der Waals surface area contributed by atoms with E-state index < -0.39 is 24.0 Å². The van der Waals surface area contributed by atoms with Gasteiger partial charge in [-0.1, -0.05) is 0 Å². The second kappa shape index (κ2) is 3.08. The number of carboxylic acid groups (broad SMARTS) is 2. The number of carbonyl (C=O) groups is 2. The van der Waals surface area contributed by atoms with Gasteiger partial charge in [0.2, 0.25) is 0 Å². The summed E-state index contributed by atoms with van der Waals surface area (Å²) in [7, 11) is 0. The molecular formula is C6H10N2O4. The van der Waals surface area contributed by atoms with Crippen LogP contribution in [0.4, 0.5) is 0 Å². The predicted molar refractivity (Wildman–Crippen MR) is 38.6 cm³/mol. The third kappa shape index (κ3) is 1.54. The van der Waals surface area contributed by atoms with Crippen LogP contribution in [0.3, 0.4) is 0 Å². The van der Waals surface area contributed by atoms with Gasteiger partial charge in [0.05, 0.1) is 6.42 Å². The van der Waals surface area contributed by atoms with Crippen LogP contribution in [0, 0.1) is 0 Å². The fourth-order valence-electron chi connectivity index (χ4n) is 1.19. The summed E-state index contributed by atoms with van der Waals surface area (Å²) in [6, 6.07) is 0. The van der Waals surface area contributed by atoms with E-state index in [1.54, 1.807) is 0 Å². The van der Waals surface area contributed by atoms with Gasteiger partial charge in [0.1, 0.15) is 0 Å². The molecular weight excluding hydrogens is 164 g/mol. The summed E-state index contributed by atoms with van der Waals surface area (Å²) in [5, 5.41) is 22.4. The second-order valence-corrected chi connectivity index (χ2v) is 2.63. The Bertz CT molecular complexity index is 210. The molecule has 1 heterocycles. The molecule has 0 atom stereocenters. The summed E-state index contributed by atoms with van der Waals surface area (Å²) in [6.07, 6.45) is -0.456. The van der Waals surface area contributed by atoms with Gasteiger partial charge < -0.3 is 10.2 Å². The first-order valence-electron chi connectivity index (χ1n) is 3.52.